The largest absolute Gasteiger partial charge is 1.00 e. The van der Waals surface area contributed by atoms with Crippen LogP contribution < -0.4 is 59.1 Å². The molecule has 0 aliphatic heterocycles. The van der Waals surface area contributed by atoms with Crippen molar-refractivity contribution in [3.05, 3.63) is 0 Å². The van der Waals surface area contributed by atoms with E-state index in [4.69, 9.17) is 9.79 Å². The van der Waals surface area contributed by atoms with Gasteiger partial charge in [0.25, 0.3) is 5.97 Å². The summed E-state index contributed by atoms with van der Waals surface area (Å²) in [7, 11) is -4.87. The summed E-state index contributed by atoms with van der Waals surface area (Å²) in [4.78, 5) is 17.1. The molecule has 0 spiro atoms. The molecule has 9 heteroatoms. The molecule has 0 atom stereocenters. The summed E-state index contributed by atoms with van der Waals surface area (Å²) < 4.78 is 14.4. The molecule has 0 radical (unpaired) electrons. The maximum absolute atomic E-state index is 10.5. The zero-order valence-corrected chi connectivity index (χ0v) is 21.3. The number of aliphatic hydroxyl groups is 2. The second kappa shape index (κ2) is 19.4. The van der Waals surface area contributed by atoms with Crippen LogP contribution in [0.5, 0.6) is 0 Å². The zero-order chi connectivity index (χ0) is 17.6. The third kappa shape index (κ3) is 26.0. The molecule has 0 rings (SSSR count). The molecule has 0 aliphatic rings. The number of rotatable bonds is 16. The van der Waals surface area contributed by atoms with Gasteiger partial charge in [0.1, 0.15) is 0 Å². The van der Waals surface area contributed by atoms with E-state index >= 15 is 0 Å². The number of hydrogen-bond donors (Lipinski definition) is 4. The van der Waals surface area contributed by atoms with Crippen molar-refractivity contribution < 1.29 is 91.1 Å². The van der Waals surface area contributed by atoms with Crippen LogP contribution >= 0.6 is 7.82 Å². The SMILES string of the molecule is CCCCCCCCCCCCCCCC(O)(O)OP(=O)(O)O.[H-].[H-].[Na+].[Na+]. The molecule has 0 saturated carbocycles. The molecule has 0 aromatic rings. The normalized spacial score (nSPS) is 11.7. The summed E-state index contributed by atoms with van der Waals surface area (Å²) in [5.41, 5.74) is 0. The summed E-state index contributed by atoms with van der Waals surface area (Å²) in [6.45, 7) is 2.23. The van der Waals surface area contributed by atoms with Gasteiger partial charge in [-0.25, -0.2) is 9.09 Å². The van der Waals surface area contributed by atoms with Crippen LogP contribution in [0.25, 0.3) is 0 Å². The van der Waals surface area contributed by atoms with Crippen LogP contribution in [0.2, 0.25) is 0 Å². The summed E-state index contributed by atoms with van der Waals surface area (Å²) >= 11 is 0. The number of unbranched alkanes of at least 4 members (excludes halogenated alkanes) is 12. The maximum atomic E-state index is 10.5. The first-order valence-corrected chi connectivity index (χ1v) is 10.5. The van der Waals surface area contributed by atoms with Gasteiger partial charge in [0.05, 0.1) is 0 Å². The third-order valence-electron chi connectivity index (χ3n) is 3.87. The molecule has 25 heavy (non-hydrogen) atoms. The predicted molar refractivity (Wildman–Crippen MR) is 92.8 cm³/mol. The molecule has 144 valence electrons. The summed E-state index contributed by atoms with van der Waals surface area (Å²) in [6.07, 6.45) is 14.9. The Labute approximate surface area is 200 Å². The van der Waals surface area contributed by atoms with Crippen molar-refractivity contribution in [3.63, 3.8) is 0 Å². The van der Waals surface area contributed by atoms with Gasteiger partial charge in [-0.1, -0.05) is 84.0 Å². The van der Waals surface area contributed by atoms with Crippen LogP contribution in [0, 0.1) is 0 Å². The average Bonchev–Trinajstić information content (AvgIpc) is 2.41. The molecule has 0 unspecified atom stereocenters. The fraction of sp³-hybridized carbons (Fsp3) is 1.00. The van der Waals surface area contributed by atoms with Crippen LogP contribution in [0.3, 0.4) is 0 Å². The van der Waals surface area contributed by atoms with Crippen molar-refractivity contribution in [1.29, 1.82) is 0 Å². The van der Waals surface area contributed by atoms with Crippen LogP contribution in [0.15, 0.2) is 0 Å². The molecule has 6 nitrogen and oxygen atoms in total. The minimum absolute atomic E-state index is 0. The Morgan fingerprint density at radius 2 is 1.08 bits per heavy atom. The van der Waals surface area contributed by atoms with Crippen LogP contribution in [-0.4, -0.2) is 26.0 Å². The van der Waals surface area contributed by atoms with E-state index in [9.17, 15) is 14.8 Å². The van der Waals surface area contributed by atoms with Gasteiger partial charge in [-0.15, -0.1) is 0 Å². The van der Waals surface area contributed by atoms with Gasteiger partial charge < -0.3 is 22.9 Å². The van der Waals surface area contributed by atoms with Crippen molar-refractivity contribution in [2.75, 3.05) is 0 Å². The molecule has 4 N–H and O–H groups in total. The predicted octanol–water partition coefficient (Wildman–Crippen LogP) is -1.55. The first-order chi connectivity index (χ1) is 10.8. The van der Waals surface area contributed by atoms with Gasteiger partial charge >= 0.3 is 66.9 Å². The number of phosphoric ester groups is 1. The maximum Gasteiger partial charge on any atom is 1.00 e. The van der Waals surface area contributed by atoms with E-state index in [-0.39, 0.29) is 68.4 Å². The molecule has 0 fully saturated rings. The van der Waals surface area contributed by atoms with Crippen LogP contribution in [0.1, 0.15) is 99.7 Å². The van der Waals surface area contributed by atoms with E-state index in [1.54, 1.807) is 0 Å². The fourth-order valence-electron chi connectivity index (χ4n) is 2.61. The van der Waals surface area contributed by atoms with Crippen molar-refractivity contribution in [1.82, 2.24) is 0 Å². The standard InChI is InChI=1S/C16H35O6P.2Na.2H/c1-2-3-4-5-6-7-8-9-10-11-12-13-14-15-16(17,18)22-23(19,20)21;;;;/h17-18H,2-15H2,1H3,(H2,19,20,21);;;;/q;2*+1;2*-1. The molecular formula is C16H37Na2O6P. The Balaban J connectivity index is -0.000000403. The molecular weight excluding hydrogens is 365 g/mol. The summed E-state index contributed by atoms with van der Waals surface area (Å²) in [6, 6.07) is 0. The van der Waals surface area contributed by atoms with E-state index in [0.29, 0.717) is 6.42 Å². The topological polar surface area (TPSA) is 107 Å². The minimum Gasteiger partial charge on any atom is -1.00 e. The fourth-order valence-corrected chi connectivity index (χ4v) is 3.08. The Bertz CT molecular complexity index is 336. The minimum atomic E-state index is -4.87. The Morgan fingerprint density at radius 3 is 1.40 bits per heavy atom. The van der Waals surface area contributed by atoms with E-state index < -0.39 is 13.8 Å². The van der Waals surface area contributed by atoms with E-state index in [2.05, 4.69) is 11.4 Å². The molecule has 0 aromatic heterocycles. The van der Waals surface area contributed by atoms with Gasteiger partial charge in [0.15, 0.2) is 0 Å². The molecule has 0 amide bonds. The van der Waals surface area contributed by atoms with Crippen molar-refractivity contribution >= 4 is 7.82 Å². The average molecular weight is 402 g/mol. The van der Waals surface area contributed by atoms with E-state index in [1.807, 2.05) is 0 Å². The Hall–Kier alpha value is 2.03. The molecule has 0 saturated heterocycles. The van der Waals surface area contributed by atoms with Gasteiger partial charge in [0.2, 0.25) is 0 Å². The van der Waals surface area contributed by atoms with Crippen molar-refractivity contribution in [3.8, 4) is 0 Å². The van der Waals surface area contributed by atoms with Gasteiger partial charge in [-0.2, -0.15) is 0 Å². The first-order valence-electron chi connectivity index (χ1n) is 8.98. The van der Waals surface area contributed by atoms with Crippen LogP contribution in [-0.2, 0) is 9.09 Å². The second-order valence-corrected chi connectivity index (χ2v) is 7.48. The monoisotopic (exact) mass is 402 g/mol. The van der Waals surface area contributed by atoms with E-state index in [1.165, 1.54) is 57.8 Å². The van der Waals surface area contributed by atoms with Crippen molar-refractivity contribution in [2.24, 2.45) is 0 Å². The molecule has 0 aromatic carbocycles. The van der Waals surface area contributed by atoms with Gasteiger partial charge in [-0.3, -0.25) is 0 Å². The first kappa shape index (κ1) is 31.7. The number of phosphoric acid groups is 1. The van der Waals surface area contributed by atoms with Crippen LogP contribution in [0.4, 0.5) is 0 Å². The summed E-state index contributed by atoms with van der Waals surface area (Å²) in [5, 5.41) is 18.5. The Morgan fingerprint density at radius 1 is 0.760 bits per heavy atom. The van der Waals surface area contributed by atoms with Gasteiger partial charge in [-0.05, 0) is 6.42 Å². The quantitative estimate of drug-likeness (QED) is 0.108. The smallest absolute Gasteiger partial charge is 1.00 e. The van der Waals surface area contributed by atoms with Gasteiger partial charge in [0, 0.05) is 6.42 Å². The third-order valence-corrected chi connectivity index (χ3v) is 4.40. The van der Waals surface area contributed by atoms with E-state index in [0.717, 1.165) is 19.3 Å². The molecule has 0 heterocycles. The summed E-state index contributed by atoms with van der Waals surface area (Å²) in [5.74, 6) is -2.74. The molecule has 0 aliphatic carbocycles. The zero-order valence-electron chi connectivity index (χ0n) is 18.5. The van der Waals surface area contributed by atoms with Crippen molar-refractivity contribution in [2.45, 2.75) is 103 Å². The Kier molecular flexibility index (Phi) is 24.5. The second-order valence-electron chi connectivity index (χ2n) is 6.32. The number of hydrogen-bond acceptors (Lipinski definition) is 4. The molecule has 0 bridgehead atoms.